The Labute approximate surface area is 169 Å². The predicted octanol–water partition coefficient (Wildman–Crippen LogP) is 3.73. The molecular weight excluding hydrogens is 370 g/mol. The molecule has 2 heterocycles. The highest BCUT2D eigenvalue weighted by Gasteiger charge is 2.11. The summed E-state index contributed by atoms with van der Waals surface area (Å²) in [6.07, 6.45) is 1.78. The van der Waals surface area contributed by atoms with E-state index in [0.29, 0.717) is 22.8 Å². The lowest BCUT2D eigenvalue weighted by Gasteiger charge is -2.15. The number of nitrogens with zero attached hydrogens (tertiary/aromatic N) is 2. The van der Waals surface area contributed by atoms with Crippen molar-refractivity contribution in [1.29, 1.82) is 0 Å². The molecule has 6 heteroatoms. The Bertz CT molecular complexity index is 1080. The van der Waals surface area contributed by atoms with Crippen molar-refractivity contribution in [2.24, 2.45) is 0 Å². The number of hydrogen-bond donors (Lipinski definition) is 1. The summed E-state index contributed by atoms with van der Waals surface area (Å²) in [6.45, 7) is 8.07. The first-order valence-corrected chi connectivity index (χ1v) is 10.4. The van der Waals surface area contributed by atoms with Gasteiger partial charge in [0.1, 0.15) is 5.65 Å². The highest BCUT2D eigenvalue weighted by atomic mass is 32.2. The normalized spacial score (nSPS) is 12.1. The van der Waals surface area contributed by atoms with Crippen LogP contribution in [0.5, 0.6) is 0 Å². The third-order valence-electron chi connectivity index (χ3n) is 4.75. The van der Waals surface area contributed by atoms with Crippen LogP contribution in [0.4, 0.5) is 0 Å². The summed E-state index contributed by atoms with van der Waals surface area (Å²) in [5.41, 5.74) is 5.78. The Morgan fingerprint density at radius 1 is 1.14 bits per heavy atom. The average Bonchev–Trinajstić information content (AvgIpc) is 2.64. The number of benzene rings is 1. The Morgan fingerprint density at radius 2 is 1.93 bits per heavy atom. The number of carbonyl (C=O) groups is 1. The van der Waals surface area contributed by atoms with Gasteiger partial charge >= 0.3 is 0 Å². The molecule has 5 nitrogen and oxygen atoms in total. The van der Waals surface area contributed by atoms with Crippen LogP contribution in [-0.4, -0.2) is 21.0 Å². The van der Waals surface area contributed by atoms with E-state index in [1.807, 2.05) is 26.0 Å². The Morgan fingerprint density at radius 3 is 2.68 bits per heavy atom. The maximum Gasteiger partial charge on any atom is 0.258 e. The van der Waals surface area contributed by atoms with Crippen LogP contribution in [0.2, 0.25) is 0 Å². The van der Waals surface area contributed by atoms with E-state index in [1.54, 1.807) is 10.6 Å². The Hall–Kier alpha value is -2.60. The zero-order chi connectivity index (χ0) is 20.3. The summed E-state index contributed by atoms with van der Waals surface area (Å²) in [4.78, 5) is 29.0. The molecule has 3 rings (SSSR count). The molecule has 0 aliphatic heterocycles. The van der Waals surface area contributed by atoms with Gasteiger partial charge in [0.25, 0.3) is 5.56 Å². The first-order chi connectivity index (χ1) is 13.3. The highest BCUT2D eigenvalue weighted by Crippen LogP contribution is 2.17. The van der Waals surface area contributed by atoms with E-state index in [0.717, 1.165) is 11.1 Å². The lowest BCUT2D eigenvalue weighted by Crippen LogP contribution is -2.28. The molecule has 0 saturated heterocycles. The van der Waals surface area contributed by atoms with Gasteiger partial charge in [-0.3, -0.25) is 14.0 Å². The van der Waals surface area contributed by atoms with Crippen molar-refractivity contribution in [3.63, 3.8) is 0 Å². The first-order valence-electron chi connectivity index (χ1n) is 9.26. The van der Waals surface area contributed by atoms with Gasteiger partial charge in [-0.15, -0.1) is 11.8 Å². The summed E-state index contributed by atoms with van der Waals surface area (Å²) in [5, 5.41) is 3.03. The van der Waals surface area contributed by atoms with Crippen molar-refractivity contribution in [1.82, 2.24) is 14.7 Å². The van der Waals surface area contributed by atoms with E-state index in [4.69, 9.17) is 0 Å². The number of aromatic nitrogens is 2. The monoisotopic (exact) mass is 395 g/mol. The number of thioether (sulfide) groups is 1. The van der Waals surface area contributed by atoms with Crippen LogP contribution in [0.25, 0.3) is 5.65 Å². The lowest BCUT2D eigenvalue weighted by molar-refractivity contribution is -0.119. The standard InChI is InChI=1S/C22H25N3O2S/c1-14-5-8-20-24-19(10-22(27)25(20)11-14)12-28-13-21(26)23-17(4)18-7-6-15(2)16(3)9-18/h5-11,17H,12-13H2,1-4H3,(H,23,26)/t17-/m0/s1. The molecule has 3 aromatic rings. The fourth-order valence-electron chi connectivity index (χ4n) is 2.98. The van der Waals surface area contributed by atoms with Crippen LogP contribution in [0.1, 0.15) is 40.9 Å². The van der Waals surface area contributed by atoms with E-state index in [9.17, 15) is 9.59 Å². The fourth-order valence-corrected chi connectivity index (χ4v) is 3.71. The predicted molar refractivity (Wildman–Crippen MR) is 115 cm³/mol. The molecule has 0 bridgehead atoms. The van der Waals surface area contributed by atoms with Gasteiger partial charge in [-0.05, 0) is 56.0 Å². The highest BCUT2D eigenvalue weighted by molar-refractivity contribution is 7.99. The maximum atomic E-state index is 12.3. The molecule has 1 aromatic carbocycles. The third-order valence-corrected chi connectivity index (χ3v) is 5.72. The van der Waals surface area contributed by atoms with Gasteiger partial charge in [-0.25, -0.2) is 4.98 Å². The Kier molecular flexibility index (Phi) is 6.19. The van der Waals surface area contributed by atoms with Crippen molar-refractivity contribution in [3.8, 4) is 0 Å². The van der Waals surface area contributed by atoms with E-state index in [-0.39, 0.29) is 17.5 Å². The average molecular weight is 396 g/mol. The van der Waals surface area contributed by atoms with Gasteiger partial charge in [0.2, 0.25) is 5.91 Å². The number of pyridine rings is 1. The van der Waals surface area contributed by atoms with Gasteiger partial charge < -0.3 is 5.32 Å². The van der Waals surface area contributed by atoms with Crippen molar-refractivity contribution in [2.75, 3.05) is 5.75 Å². The third kappa shape index (κ3) is 4.81. The molecule has 0 aliphatic rings. The fraction of sp³-hybridized carbons (Fsp3) is 0.318. The number of amides is 1. The summed E-state index contributed by atoms with van der Waals surface area (Å²) in [7, 11) is 0. The quantitative estimate of drug-likeness (QED) is 0.691. The number of aryl methyl sites for hydroxylation is 3. The van der Waals surface area contributed by atoms with Crippen molar-refractivity contribution >= 4 is 23.3 Å². The summed E-state index contributed by atoms with van der Waals surface area (Å²) >= 11 is 1.45. The number of nitrogens with one attached hydrogen (secondary N) is 1. The van der Waals surface area contributed by atoms with E-state index >= 15 is 0 Å². The molecule has 1 amide bonds. The molecule has 0 aliphatic carbocycles. The van der Waals surface area contributed by atoms with Gasteiger partial charge in [-0.2, -0.15) is 0 Å². The molecular formula is C22H25N3O2S. The van der Waals surface area contributed by atoms with Crippen LogP contribution in [0.3, 0.4) is 0 Å². The van der Waals surface area contributed by atoms with Gasteiger partial charge in [-0.1, -0.05) is 24.3 Å². The van der Waals surface area contributed by atoms with Crippen LogP contribution in [0, 0.1) is 20.8 Å². The van der Waals surface area contributed by atoms with Gasteiger partial charge in [0, 0.05) is 18.0 Å². The zero-order valence-electron chi connectivity index (χ0n) is 16.7. The molecule has 1 atom stereocenters. The summed E-state index contributed by atoms with van der Waals surface area (Å²) in [5.74, 6) is 0.818. The lowest BCUT2D eigenvalue weighted by atomic mass is 10.0. The van der Waals surface area contributed by atoms with Crippen molar-refractivity contribution < 1.29 is 4.79 Å². The van der Waals surface area contributed by atoms with Crippen molar-refractivity contribution in [3.05, 3.63) is 80.9 Å². The maximum absolute atomic E-state index is 12.3. The largest absolute Gasteiger partial charge is 0.349 e. The summed E-state index contributed by atoms with van der Waals surface area (Å²) < 4.78 is 1.54. The topological polar surface area (TPSA) is 63.5 Å². The number of fused-ring (bicyclic) bond motifs is 1. The minimum Gasteiger partial charge on any atom is -0.349 e. The second-order valence-electron chi connectivity index (χ2n) is 7.15. The minimum absolute atomic E-state index is 0.0242. The second kappa shape index (κ2) is 8.61. The second-order valence-corrected chi connectivity index (χ2v) is 8.13. The molecule has 0 saturated carbocycles. The first kappa shape index (κ1) is 20.1. The van der Waals surface area contributed by atoms with Crippen LogP contribution in [-0.2, 0) is 10.5 Å². The smallest absolute Gasteiger partial charge is 0.258 e. The molecule has 0 spiro atoms. The van der Waals surface area contributed by atoms with Gasteiger partial charge in [0.05, 0.1) is 17.5 Å². The van der Waals surface area contributed by atoms with E-state index < -0.39 is 0 Å². The molecule has 0 unspecified atom stereocenters. The number of hydrogen-bond acceptors (Lipinski definition) is 4. The summed E-state index contributed by atoms with van der Waals surface area (Å²) in [6, 6.07) is 11.5. The van der Waals surface area contributed by atoms with Gasteiger partial charge in [0.15, 0.2) is 0 Å². The van der Waals surface area contributed by atoms with Crippen LogP contribution >= 0.6 is 11.8 Å². The molecule has 1 N–H and O–H groups in total. The van der Waals surface area contributed by atoms with Crippen LogP contribution < -0.4 is 10.9 Å². The number of carbonyl (C=O) groups excluding carboxylic acids is 1. The van der Waals surface area contributed by atoms with Crippen LogP contribution in [0.15, 0.2) is 47.4 Å². The SMILES string of the molecule is Cc1ccc2nc(CSCC(=O)N[C@@H](C)c3ccc(C)c(C)c3)cc(=O)n2c1. The molecule has 28 heavy (non-hydrogen) atoms. The molecule has 0 fully saturated rings. The zero-order valence-corrected chi connectivity index (χ0v) is 17.5. The number of rotatable bonds is 6. The van der Waals surface area contributed by atoms with Crippen molar-refractivity contribution in [2.45, 2.75) is 39.5 Å². The minimum atomic E-state index is -0.0999. The molecule has 2 aromatic heterocycles. The molecule has 146 valence electrons. The molecule has 0 radical (unpaired) electrons. The van der Waals surface area contributed by atoms with E-state index in [1.165, 1.54) is 29.0 Å². The van der Waals surface area contributed by atoms with E-state index in [2.05, 4.69) is 42.3 Å². The Balaban J connectivity index is 1.56.